The summed E-state index contributed by atoms with van der Waals surface area (Å²) in [5.74, 6) is -1.81. The summed E-state index contributed by atoms with van der Waals surface area (Å²) in [6.07, 6.45) is -1.11. The van der Waals surface area contributed by atoms with Gasteiger partial charge in [-0.25, -0.2) is 9.96 Å². The molecule has 9 heteroatoms. The Labute approximate surface area is 199 Å². The molecule has 5 rings (SSSR count). The van der Waals surface area contributed by atoms with Gasteiger partial charge in [0.1, 0.15) is 17.4 Å². The number of benzene rings is 3. The van der Waals surface area contributed by atoms with Gasteiger partial charge in [-0.1, -0.05) is 53.5 Å². The van der Waals surface area contributed by atoms with Crippen LogP contribution in [0.3, 0.4) is 0 Å². The number of ether oxygens (including phenoxy) is 1. The maximum atomic E-state index is 13.7. The number of fused-ring (bicyclic) bond motifs is 1. The van der Waals surface area contributed by atoms with E-state index in [0.717, 1.165) is 4.90 Å². The van der Waals surface area contributed by atoms with E-state index >= 15 is 0 Å². The van der Waals surface area contributed by atoms with Gasteiger partial charge in [0, 0.05) is 10.6 Å². The molecule has 3 aromatic carbocycles. The first-order valence-electron chi connectivity index (χ1n) is 10.1. The fraction of sp³-hybridized carbons (Fsp3) is 0.167. The van der Waals surface area contributed by atoms with Gasteiger partial charge >= 0.3 is 0 Å². The molecule has 2 heterocycles. The van der Waals surface area contributed by atoms with Crippen LogP contribution in [0.25, 0.3) is 0 Å². The number of amides is 2. The summed E-state index contributed by atoms with van der Waals surface area (Å²) >= 11 is 12.4. The zero-order valence-corrected chi connectivity index (χ0v) is 18.8. The van der Waals surface area contributed by atoms with Crippen molar-refractivity contribution in [1.29, 1.82) is 0 Å². The highest BCUT2D eigenvalue weighted by Gasteiger charge is 2.61. The second-order valence-electron chi connectivity index (χ2n) is 7.67. The number of phenols is 1. The van der Waals surface area contributed by atoms with Crippen LogP contribution < -0.4 is 14.7 Å². The van der Waals surface area contributed by atoms with Crippen LogP contribution in [0.15, 0.2) is 66.7 Å². The maximum absolute atomic E-state index is 13.7. The number of aromatic hydroxyl groups is 1. The number of para-hydroxylation sites is 3. The Balaban J connectivity index is 1.65. The molecule has 7 nitrogen and oxygen atoms in total. The molecule has 0 aromatic heterocycles. The number of carbonyl (C=O) groups is 2. The summed E-state index contributed by atoms with van der Waals surface area (Å²) in [6.45, 7) is 0. The summed E-state index contributed by atoms with van der Waals surface area (Å²) in [4.78, 5) is 34.3. The summed E-state index contributed by atoms with van der Waals surface area (Å²) in [7, 11) is 1.47. The van der Waals surface area contributed by atoms with Crippen molar-refractivity contribution in [3.63, 3.8) is 0 Å². The van der Waals surface area contributed by atoms with E-state index in [9.17, 15) is 14.7 Å². The van der Waals surface area contributed by atoms with Crippen molar-refractivity contribution in [2.75, 3.05) is 17.1 Å². The third kappa shape index (κ3) is 3.40. The lowest BCUT2D eigenvalue weighted by Gasteiger charge is -2.29. The van der Waals surface area contributed by atoms with Crippen LogP contribution in [0, 0.1) is 5.92 Å². The van der Waals surface area contributed by atoms with Crippen LogP contribution in [0.2, 0.25) is 10.0 Å². The zero-order valence-electron chi connectivity index (χ0n) is 17.3. The standard InChI is InChI=1S/C24H18Cl2N2O5/c1-32-18-10-6-5-9-17(18)27-23(30)19-20(15-11-13(25)12-16(26)21(15)29)28(33-22(19)24(27)31)14-7-3-2-4-8-14/h2-12,19-20,22,29H,1H3/t19-,20+,22-/m0/s1. The number of nitrogens with zero attached hydrogens (tertiary/aromatic N) is 2. The van der Waals surface area contributed by atoms with Crippen LogP contribution in [0.5, 0.6) is 11.5 Å². The monoisotopic (exact) mass is 484 g/mol. The zero-order chi connectivity index (χ0) is 23.3. The van der Waals surface area contributed by atoms with Crippen molar-refractivity contribution in [2.24, 2.45) is 5.92 Å². The highest BCUT2D eigenvalue weighted by molar-refractivity contribution is 6.35. The molecule has 2 aliphatic heterocycles. The minimum atomic E-state index is -1.11. The molecule has 168 valence electrons. The lowest BCUT2D eigenvalue weighted by molar-refractivity contribution is -0.126. The third-order valence-corrected chi connectivity index (χ3v) is 6.33. The van der Waals surface area contributed by atoms with E-state index in [-0.39, 0.29) is 21.4 Å². The van der Waals surface area contributed by atoms with Crippen molar-refractivity contribution < 1.29 is 24.3 Å². The van der Waals surface area contributed by atoms with Gasteiger partial charge in [-0.2, -0.15) is 0 Å². The van der Waals surface area contributed by atoms with Crippen molar-refractivity contribution in [3.8, 4) is 11.5 Å². The fourth-order valence-electron chi connectivity index (χ4n) is 4.39. The summed E-state index contributed by atoms with van der Waals surface area (Å²) in [6, 6.07) is 17.8. The fourth-order valence-corrected chi connectivity index (χ4v) is 4.90. The van der Waals surface area contributed by atoms with Gasteiger partial charge in [0.25, 0.3) is 5.91 Å². The molecule has 33 heavy (non-hydrogen) atoms. The molecule has 2 saturated heterocycles. The quantitative estimate of drug-likeness (QED) is 0.537. The van der Waals surface area contributed by atoms with Crippen molar-refractivity contribution in [2.45, 2.75) is 12.1 Å². The largest absolute Gasteiger partial charge is 0.506 e. The average molecular weight is 485 g/mol. The summed E-state index contributed by atoms with van der Waals surface area (Å²) < 4.78 is 5.36. The number of rotatable bonds is 4. The minimum absolute atomic E-state index is 0.0346. The van der Waals surface area contributed by atoms with Gasteiger partial charge < -0.3 is 9.84 Å². The molecule has 0 aliphatic carbocycles. The number of hydrogen-bond acceptors (Lipinski definition) is 6. The molecule has 3 aromatic rings. The van der Waals surface area contributed by atoms with E-state index in [1.165, 1.54) is 24.3 Å². The van der Waals surface area contributed by atoms with Crippen LogP contribution in [-0.2, 0) is 14.4 Å². The van der Waals surface area contributed by atoms with Crippen LogP contribution >= 0.6 is 23.2 Å². The van der Waals surface area contributed by atoms with Crippen LogP contribution in [0.1, 0.15) is 11.6 Å². The van der Waals surface area contributed by atoms with E-state index in [1.54, 1.807) is 48.5 Å². The van der Waals surface area contributed by atoms with Gasteiger partial charge in [-0.05, 0) is 36.4 Å². The number of methoxy groups -OCH3 is 1. The Hall–Kier alpha value is -3.26. The number of hydroxylamine groups is 1. The molecule has 0 radical (unpaired) electrons. The van der Waals surface area contributed by atoms with Gasteiger partial charge in [0.05, 0.1) is 29.5 Å². The molecule has 1 N–H and O–H groups in total. The number of imide groups is 1. The van der Waals surface area contributed by atoms with Gasteiger partial charge in [-0.15, -0.1) is 0 Å². The second kappa shape index (κ2) is 8.26. The molecule has 2 aliphatic rings. The van der Waals surface area contributed by atoms with E-state index in [2.05, 4.69) is 0 Å². The van der Waals surface area contributed by atoms with Gasteiger partial charge in [-0.3, -0.25) is 14.4 Å². The first-order chi connectivity index (χ1) is 15.9. The Morgan fingerprint density at radius 3 is 2.39 bits per heavy atom. The Morgan fingerprint density at radius 2 is 1.67 bits per heavy atom. The molecular formula is C24H18Cl2N2O5. The summed E-state index contributed by atoms with van der Waals surface area (Å²) in [5, 5.41) is 12.6. The lowest BCUT2D eigenvalue weighted by Crippen LogP contribution is -2.37. The smallest absolute Gasteiger partial charge is 0.266 e. The topological polar surface area (TPSA) is 79.3 Å². The number of halogens is 2. The maximum Gasteiger partial charge on any atom is 0.266 e. The molecule has 2 amide bonds. The third-order valence-electron chi connectivity index (χ3n) is 5.83. The lowest BCUT2D eigenvalue weighted by atomic mass is 9.90. The molecule has 2 fully saturated rings. The van der Waals surface area contributed by atoms with E-state index in [0.29, 0.717) is 17.1 Å². The molecule has 3 atom stereocenters. The van der Waals surface area contributed by atoms with Crippen LogP contribution in [0.4, 0.5) is 11.4 Å². The van der Waals surface area contributed by atoms with Crippen molar-refractivity contribution in [3.05, 3.63) is 82.3 Å². The Bertz CT molecular complexity index is 1250. The van der Waals surface area contributed by atoms with Crippen molar-refractivity contribution >= 4 is 46.4 Å². The first kappa shape index (κ1) is 21.6. The SMILES string of the molecule is COc1ccccc1N1C(=O)[C@@H]2[C@H](ON(c3ccccc3)[C@@H]2c2cc(Cl)cc(Cl)c2O)C1=O. The molecule has 0 saturated carbocycles. The number of carbonyl (C=O) groups excluding carboxylic acids is 2. The Kier molecular flexibility index (Phi) is 5.40. The summed E-state index contributed by atoms with van der Waals surface area (Å²) in [5.41, 5.74) is 1.22. The van der Waals surface area contributed by atoms with Gasteiger partial charge in [0.15, 0.2) is 6.10 Å². The second-order valence-corrected chi connectivity index (χ2v) is 8.51. The number of hydrogen-bond donors (Lipinski definition) is 1. The highest BCUT2D eigenvalue weighted by Crippen LogP contribution is 2.51. The molecule has 0 unspecified atom stereocenters. The predicted molar refractivity (Wildman–Crippen MR) is 124 cm³/mol. The number of phenolic OH excluding ortho intramolecular Hbond substituents is 1. The Morgan fingerprint density at radius 1 is 0.970 bits per heavy atom. The van der Waals surface area contributed by atoms with E-state index in [1.807, 2.05) is 6.07 Å². The van der Waals surface area contributed by atoms with Gasteiger partial charge in [0.2, 0.25) is 5.91 Å². The minimum Gasteiger partial charge on any atom is -0.506 e. The first-order valence-corrected chi connectivity index (χ1v) is 10.9. The van der Waals surface area contributed by atoms with E-state index < -0.39 is 29.9 Å². The molecule has 0 bridgehead atoms. The average Bonchev–Trinajstić information content (AvgIpc) is 3.32. The highest BCUT2D eigenvalue weighted by atomic mass is 35.5. The molecular weight excluding hydrogens is 467 g/mol. The number of anilines is 2. The van der Waals surface area contributed by atoms with Crippen molar-refractivity contribution in [1.82, 2.24) is 0 Å². The normalized spacial score (nSPS) is 22.1. The molecule has 0 spiro atoms. The predicted octanol–water partition coefficient (Wildman–Crippen LogP) is 4.76. The van der Waals surface area contributed by atoms with Crippen LogP contribution in [-0.4, -0.2) is 30.1 Å². The van der Waals surface area contributed by atoms with E-state index in [4.69, 9.17) is 32.8 Å².